The largest absolute Gasteiger partial charge is 0.331 e. The van der Waals surface area contributed by atoms with E-state index >= 15 is 0 Å². The van der Waals surface area contributed by atoms with E-state index in [9.17, 15) is 9.18 Å². The molecule has 0 bridgehead atoms. The van der Waals surface area contributed by atoms with E-state index in [2.05, 4.69) is 10.3 Å². The maximum absolute atomic E-state index is 13.1. The van der Waals surface area contributed by atoms with E-state index in [1.165, 1.54) is 17.0 Å². The van der Waals surface area contributed by atoms with Gasteiger partial charge in [0.25, 0.3) is 0 Å². The first-order valence-electron chi connectivity index (χ1n) is 6.72. The molecular weight excluding hydrogens is 269 g/mol. The summed E-state index contributed by atoms with van der Waals surface area (Å²) in [6.07, 6.45) is 3.38. The van der Waals surface area contributed by atoms with E-state index < -0.39 is 0 Å². The first-order chi connectivity index (χ1) is 10.1. The van der Waals surface area contributed by atoms with Crippen molar-refractivity contribution in [2.24, 2.45) is 0 Å². The van der Waals surface area contributed by atoms with Crippen LogP contribution >= 0.6 is 0 Å². The number of carbonyl (C=O) groups excluding carboxylic acids is 1. The molecule has 5 heteroatoms. The first kappa shape index (κ1) is 15.0. The number of urea groups is 1. The second-order valence-electron chi connectivity index (χ2n) is 4.94. The molecule has 2 rings (SSSR count). The summed E-state index contributed by atoms with van der Waals surface area (Å²) in [6.45, 7) is 2.26. The van der Waals surface area contributed by atoms with Gasteiger partial charge in [-0.3, -0.25) is 4.98 Å². The molecule has 0 aliphatic carbocycles. The number of pyridine rings is 1. The van der Waals surface area contributed by atoms with Crippen LogP contribution in [0.5, 0.6) is 0 Å². The topological polar surface area (TPSA) is 45.2 Å². The van der Waals surface area contributed by atoms with E-state index in [0.717, 1.165) is 11.1 Å². The number of hydrogen-bond donors (Lipinski definition) is 1. The summed E-state index contributed by atoms with van der Waals surface area (Å²) in [5.74, 6) is -0.300. The van der Waals surface area contributed by atoms with Crippen molar-refractivity contribution < 1.29 is 9.18 Å². The van der Waals surface area contributed by atoms with Crippen molar-refractivity contribution >= 4 is 6.03 Å². The number of hydrogen-bond acceptors (Lipinski definition) is 2. The van der Waals surface area contributed by atoms with E-state index in [1.54, 1.807) is 31.6 Å². The van der Waals surface area contributed by atoms with Crippen molar-refractivity contribution in [1.82, 2.24) is 15.2 Å². The Morgan fingerprint density at radius 3 is 2.71 bits per heavy atom. The van der Waals surface area contributed by atoms with Gasteiger partial charge < -0.3 is 10.2 Å². The Kier molecular flexibility index (Phi) is 4.87. The van der Waals surface area contributed by atoms with Crippen LogP contribution in [-0.4, -0.2) is 23.0 Å². The molecule has 0 aliphatic heterocycles. The molecule has 1 N–H and O–H groups in total. The van der Waals surface area contributed by atoms with Gasteiger partial charge in [0.05, 0.1) is 6.04 Å². The predicted molar refractivity (Wildman–Crippen MR) is 79.1 cm³/mol. The zero-order valence-electron chi connectivity index (χ0n) is 12.1. The minimum atomic E-state index is -0.300. The van der Waals surface area contributed by atoms with Gasteiger partial charge in [-0.15, -0.1) is 0 Å². The number of aromatic nitrogens is 1. The second-order valence-corrected chi connectivity index (χ2v) is 4.94. The van der Waals surface area contributed by atoms with Gasteiger partial charge in [-0.2, -0.15) is 0 Å². The molecular formula is C16H18FN3O. The van der Waals surface area contributed by atoms with E-state index in [1.807, 2.05) is 19.1 Å². The Labute approximate surface area is 123 Å². The van der Waals surface area contributed by atoms with Crippen LogP contribution in [0.1, 0.15) is 24.1 Å². The van der Waals surface area contributed by atoms with Crippen molar-refractivity contribution in [3.63, 3.8) is 0 Å². The molecule has 0 saturated carbocycles. The van der Waals surface area contributed by atoms with Crippen LogP contribution < -0.4 is 5.32 Å². The van der Waals surface area contributed by atoms with Gasteiger partial charge in [-0.05, 0) is 42.3 Å². The number of nitrogens with zero attached hydrogens (tertiary/aromatic N) is 2. The Bertz CT molecular complexity index is 603. The number of carbonyl (C=O) groups is 1. The van der Waals surface area contributed by atoms with E-state index in [-0.39, 0.29) is 17.9 Å². The van der Waals surface area contributed by atoms with E-state index in [0.29, 0.717) is 6.54 Å². The molecule has 110 valence electrons. The van der Waals surface area contributed by atoms with Gasteiger partial charge in [0, 0.05) is 26.0 Å². The molecule has 0 spiro atoms. The second kappa shape index (κ2) is 6.83. The lowest BCUT2D eigenvalue weighted by atomic mass is 10.1. The maximum atomic E-state index is 13.1. The predicted octanol–water partition coefficient (Wildman–Crippen LogP) is 3.12. The fourth-order valence-corrected chi connectivity index (χ4v) is 2.01. The summed E-state index contributed by atoms with van der Waals surface area (Å²) >= 11 is 0. The van der Waals surface area contributed by atoms with Crippen molar-refractivity contribution in [3.8, 4) is 0 Å². The minimum Gasteiger partial charge on any atom is -0.331 e. The lowest BCUT2D eigenvalue weighted by Gasteiger charge is -2.21. The Hall–Kier alpha value is -2.43. The van der Waals surface area contributed by atoms with Crippen LogP contribution in [-0.2, 0) is 6.54 Å². The van der Waals surface area contributed by atoms with Gasteiger partial charge in [0.1, 0.15) is 5.82 Å². The van der Waals surface area contributed by atoms with Gasteiger partial charge in [-0.25, -0.2) is 9.18 Å². The van der Waals surface area contributed by atoms with Gasteiger partial charge in [0.15, 0.2) is 0 Å². The van der Waals surface area contributed by atoms with Crippen LogP contribution in [0.3, 0.4) is 0 Å². The van der Waals surface area contributed by atoms with Crippen LogP contribution in [0.25, 0.3) is 0 Å². The number of halogens is 1. The van der Waals surface area contributed by atoms with Crippen molar-refractivity contribution in [1.29, 1.82) is 0 Å². The summed E-state index contributed by atoms with van der Waals surface area (Å²) in [5, 5.41) is 2.90. The van der Waals surface area contributed by atoms with Crippen LogP contribution in [0.15, 0.2) is 48.8 Å². The molecule has 1 aromatic carbocycles. The fraction of sp³-hybridized carbons (Fsp3) is 0.250. The SMILES string of the molecule is CC(NC(=O)N(C)Cc1cccc(F)c1)c1ccncc1. The molecule has 0 saturated heterocycles. The van der Waals surface area contributed by atoms with Crippen molar-refractivity contribution in [2.75, 3.05) is 7.05 Å². The van der Waals surface area contributed by atoms with Crippen molar-refractivity contribution in [3.05, 3.63) is 65.7 Å². The highest BCUT2D eigenvalue weighted by atomic mass is 19.1. The maximum Gasteiger partial charge on any atom is 0.317 e. The van der Waals surface area contributed by atoms with Crippen LogP contribution in [0, 0.1) is 5.82 Å². The smallest absolute Gasteiger partial charge is 0.317 e. The molecule has 1 heterocycles. The lowest BCUT2D eigenvalue weighted by molar-refractivity contribution is 0.203. The number of nitrogens with one attached hydrogen (secondary N) is 1. The zero-order chi connectivity index (χ0) is 15.2. The number of rotatable bonds is 4. The summed E-state index contributed by atoms with van der Waals surface area (Å²) in [5.41, 5.74) is 1.74. The lowest BCUT2D eigenvalue weighted by Crippen LogP contribution is -2.38. The third-order valence-electron chi connectivity index (χ3n) is 3.20. The monoisotopic (exact) mass is 287 g/mol. The van der Waals surface area contributed by atoms with Crippen LogP contribution in [0.2, 0.25) is 0 Å². The Morgan fingerprint density at radius 1 is 1.33 bits per heavy atom. The average molecular weight is 287 g/mol. The molecule has 0 fully saturated rings. The molecule has 0 aliphatic rings. The summed E-state index contributed by atoms with van der Waals surface area (Å²) < 4.78 is 13.1. The third kappa shape index (κ3) is 4.27. The van der Waals surface area contributed by atoms with Crippen molar-refractivity contribution in [2.45, 2.75) is 19.5 Å². The Morgan fingerprint density at radius 2 is 2.05 bits per heavy atom. The third-order valence-corrected chi connectivity index (χ3v) is 3.20. The van der Waals surface area contributed by atoms with Gasteiger partial charge in [0.2, 0.25) is 0 Å². The quantitative estimate of drug-likeness (QED) is 0.939. The molecule has 0 radical (unpaired) electrons. The highest BCUT2D eigenvalue weighted by Crippen LogP contribution is 2.11. The molecule has 2 amide bonds. The first-order valence-corrected chi connectivity index (χ1v) is 6.72. The summed E-state index contributed by atoms with van der Waals surface area (Å²) in [7, 11) is 1.68. The number of benzene rings is 1. The average Bonchev–Trinajstić information content (AvgIpc) is 2.48. The molecule has 1 unspecified atom stereocenters. The highest BCUT2D eigenvalue weighted by Gasteiger charge is 2.13. The summed E-state index contributed by atoms with van der Waals surface area (Å²) in [4.78, 5) is 17.6. The van der Waals surface area contributed by atoms with Gasteiger partial charge in [-0.1, -0.05) is 12.1 Å². The molecule has 21 heavy (non-hydrogen) atoms. The van der Waals surface area contributed by atoms with Crippen LogP contribution in [0.4, 0.5) is 9.18 Å². The minimum absolute atomic E-state index is 0.115. The zero-order valence-corrected chi connectivity index (χ0v) is 12.1. The Balaban J connectivity index is 1.94. The number of amides is 2. The molecule has 1 atom stereocenters. The molecule has 4 nitrogen and oxygen atoms in total. The normalized spacial score (nSPS) is 11.8. The summed E-state index contributed by atoms with van der Waals surface area (Å²) in [6, 6.07) is 9.63. The fourth-order valence-electron chi connectivity index (χ4n) is 2.01. The molecule has 2 aromatic rings. The van der Waals surface area contributed by atoms with E-state index in [4.69, 9.17) is 0 Å². The highest BCUT2D eigenvalue weighted by molar-refractivity contribution is 5.74. The van der Waals surface area contributed by atoms with Gasteiger partial charge >= 0.3 is 6.03 Å². The molecule has 1 aromatic heterocycles. The standard InChI is InChI=1S/C16H18FN3O/c1-12(14-6-8-18-9-7-14)19-16(21)20(2)11-13-4-3-5-15(17)10-13/h3-10,12H,11H2,1-2H3,(H,19,21).